The Labute approximate surface area is 167 Å². The molecule has 2 N–H and O–H groups in total. The Kier molecular flexibility index (Phi) is 6.92. The summed E-state index contributed by atoms with van der Waals surface area (Å²) >= 11 is 0. The van der Waals surface area contributed by atoms with Gasteiger partial charge in [0.05, 0.1) is 5.69 Å². The van der Waals surface area contributed by atoms with Gasteiger partial charge >= 0.3 is 0 Å². The number of anilines is 1. The van der Waals surface area contributed by atoms with E-state index in [0.717, 1.165) is 38.3 Å². The molecule has 0 unspecified atom stereocenters. The fourth-order valence-electron chi connectivity index (χ4n) is 3.48. The number of nitrogens with one attached hydrogen (secondary N) is 2. The van der Waals surface area contributed by atoms with E-state index < -0.39 is 0 Å². The summed E-state index contributed by atoms with van der Waals surface area (Å²) in [4.78, 5) is 8.76. The Balaban J connectivity index is 1.52. The van der Waals surface area contributed by atoms with Crippen LogP contribution in [0.2, 0.25) is 0 Å². The summed E-state index contributed by atoms with van der Waals surface area (Å²) in [6.07, 6.45) is 4.08. The van der Waals surface area contributed by atoms with Gasteiger partial charge in [-0.2, -0.15) is 0 Å². The van der Waals surface area contributed by atoms with Gasteiger partial charge in [-0.25, -0.2) is 4.39 Å². The van der Waals surface area contributed by atoms with Crippen molar-refractivity contribution in [3.05, 3.63) is 53.6 Å². The van der Waals surface area contributed by atoms with E-state index in [1.54, 1.807) is 13.1 Å². The number of benzene rings is 1. The molecule has 152 valence electrons. The van der Waals surface area contributed by atoms with E-state index >= 15 is 0 Å². The topological polar surface area (TPSA) is 47.8 Å². The lowest BCUT2D eigenvalue weighted by atomic mass is 10.1. The van der Waals surface area contributed by atoms with Gasteiger partial charge in [-0.05, 0) is 35.9 Å². The first-order valence-electron chi connectivity index (χ1n) is 9.90. The molecule has 3 rings (SSSR count). The second-order valence-corrected chi connectivity index (χ2v) is 7.17. The van der Waals surface area contributed by atoms with Crippen LogP contribution in [0.4, 0.5) is 10.1 Å². The smallest absolute Gasteiger partial charge is 0.191 e. The van der Waals surface area contributed by atoms with Crippen molar-refractivity contribution in [2.75, 3.05) is 44.7 Å². The maximum absolute atomic E-state index is 14.7. The Morgan fingerprint density at radius 2 is 1.79 bits per heavy atom. The molecule has 1 fully saturated rings. The summed E-state index contributed by atoms with van der Waals surface area (Å²) in [5.74, 6) is 0.542. The van der Waals surface area contributed by atoms with Crippen molar-refractivity contribution < 1.29 is 4.39 Å². The van der Waals surface area contributed by atoms with Crippen LogP contribution in [0, 0.1) is 5.82 Å². The molecular weight excluding hydrogens is 355 g/mol. The van der Waals surface area contributed by atoms with Crippen molar-refractivity contribution in [3.8, 4) is 0 Å². The van der Waals surface area contributed by atoms with E-state index in [9.17, 15) is 4.39 Å². The largest absolute Gasteiger partial charge is 0.367 e. The van der Waals surface area contributed by atoms with Crippen LogP contribution < -0.4 is 15.5 Å². The Morgan fingerprint density at radius 1 is 1.07 bits per heavy atom. The van der Waals surface area contributed by atoms with E-state index in [4.69, 9.17) is 0 Å². The number of piperazine rings is 1. The summed E-state index contributed by atoms with van der Waals surface area (Å²) in [5, 5.41) is 6.52. The number of likely N-dealkylation sites (N-methyl/N-ethyl adjacent to an activating group) is 1. The lowest BCUT2D eigenvalue weighted by Gasteiger charge is -2.35. The van der Waals surface area contributed by atoms with Crippen molar-refractivity contribution in [1.82, 2.24) is 20.1 Å². The molecule has 1 saturated heterocycles. The highest BCUT2D eigenvalue weighted by Crippen LogP contribution is 2.22. The molecule has 0 atom stereocenters. The molecule has 0 spiro atoms. The lowest BCUT2D eigenvalue weighted by molar-refractivity contribution is 0.270. The number of aliphatic imine (C=N–C) groups is 1. The minimum absolute atomic E-state index is 0.156. The zero-order valence-electron chi connectivity index (χ0n) is 17.1. The Hall–Kier alpha value is -2.54. The van der Waals surface area contributed by atoms with E-state index in [0.29, 0.717) is 24.7 Å². The third-order valence-corrected chi connectivity index (χ3v) is 5.21. The van der Waals surface area contributed by atoms with Crippen molar-refractivity contribution in [2.24, 2.45) is 12.0 Å². The molecule has 0 amide bonds. The second kappa shape index (κ2) is 9.59. The predicted octanol–water partition coefficient (Wildman–Crippen LogP) is 2.17. The molecular formula is C21H31FN6. The van der Waals surface area contributed by atoms with Gasteiger partial charge in [0.15, 0.2) is 5.96 Å². The number of halogens is 1. The average molecular weight is 387 g/mol. The van der Waals surface area contributed by atoms with Crippen LogP contribution in [0.25, 0.3) is 0 Å². The Morgan fingerprint density at radius 3 is 2.36 bits per heavy atom. The first-order valence-corrected chi connectivity index (χ1v) is 9.90. The number of aryl methyl sites for hydroxylation is 1. The molecule has 0 aliphatic carbocycles. The average Bonchev–Trinajstić information content (AvgIpc) is 3.13. The van der Waals surface area contributed by atoms with Gasteiger partial charge in [-0.1, -0.05) is 13.0 Å². The summed E-state index contributed by atoms with van der Waals surface area (Å²) < 4.78 is 16.7. The molecule has 2 heterocycles. The second-order valence-electron chi connectivity index (χ2n) is 7.17. The number of aromatic nitrogens is 1. The van der Waals surface area contributed by atoms with E-state index in [1.807, 2.05) is 29.9 Å². The fraction of sp³-hybridized carbons (Fsp3) is 0.476. The van der Waals surface area contributed by atoms with Gasteiger partial charge in [0.1, 0.15) is 5.82 Å². The molecule has 1 aliphatic heterocycles. The van der Waals surface area contributed by atoms with Gasteiger partial charge in [-0.3, -0.25) is 4.99 Å². The Bertz CT molecular complexity index is 792. The highest BCUT2D eigenvalue weighted by Gasteiger charge is 2.18. The first kappa shape index (κ1) is 20.2. The normalized spacial score (nSPS) is 15.7. The summed E-state index contributed by atoms with van der Waals surface area (Å²) in [6, 6.07) is 7.57. The molecule has 0 radical (unpaired) electrons. The van der Waals surface area contributed by atoms with E-state index in [2.05, 4.69) is 44.6 Å². The predicted molar refractivity (Wildman–Crippen MR) is 113 cm³/mol. The van der Waals surface area contributed by atoms with Crippen LogP contribution in [0.3, 0.4) is 0 Å². The molecule has 0 bridgehead atoms. The molecule has 1 aromatic heterocycles. The standard InChI is InChI=1S/C21H31FN6/c1-4-27-9-11-28(12-10-27)20-6-5-17(13-19(20)22)14-24-21(23-2)25-15-18-7-8-26(3)16-18/h5-8,13,16H,4,9-12,14-15H2,1-3H3,(H2,23,24,25). The molecule has 7 heteroatoms. The highest BCUT2D eigenvalue weighted by molar-refractivity contribution is 5.79. The quantitative estimate of drug-likeness (QED) is 0.590. The maximum atomic E-state index is 14.7. The van der Waals surface area contributed by atoms with Crippen LogP contribution in [-0.2, 0) is 20.1 Å². The number of rotatable bonds is 6. The number of nitrogens with zero attached hydrogens (tertiary/aromatic N) is 4. The van der Waals surface area contributed by atoms with Crippen LogP contribution in [-0.4, -0.2) is 55.2 Å². The van der Waals surface area contributed by atoms with Gasteiger partial charge in [0.25, 0.3) is 0 Å². The maximum Gasteiger partial charge on any atom is 0.191 e. The molecule has 1 aromatic carbocycles. The third-order valence-electron chi connectivity index (χ3n) is 5.21. The highest BCUT2D eigenvalue weighted by atomic mass is 19.1. The minimum Gasteiger partial charge on any atom is -0.367 e. The van der Waals surface area contributed by atoms with Crippen molar-refractivity contribution in [3.63, 3.8) is 0 Å². The van der Waals surface area contributed by atoms with Crippen molar-refractivity contribution >= 4 is 11.6 Å². The first-order chi connectivity index (χ1) is 13.6. The van der Waals surface area contributed by atoms with Crippen LogP contribution >= 0.6 is 0 Å². The molecule has 0 saturated carbocycles. The number of guanidine groups is 1. The zero-order chi connectivity index (χ0) is 19.9. The fourth-order valence-corrected chi connectivity index (χ4v) is 3.48. The van der Waals surface area contributed by atoms with Crippen LogP contribution in [0.1, 0.15) is 18.1 Å². The number of hydrogen-bond donors (Lipinski definition) is 2. The van der Waals surface area contributed by atoms with Crippen LogP contribution in [0.15, 0.2) is 41.7 Å². The molecule has 28 heavy (non-hydrogen) atoms. The van der Waals surface area contributed by atoms with Crippen LogP contribution in [0.5, 0.6) is 0 Å². The molecule has 1 aliphatic rings. The van der Waals surface area contributed by atoms with Gasteiger partial charge in [0.2, 0.25) is 0 Å². The van der Waals surface area contributed by atoms with Crippen molar-refractivity contribution in [1.29, 1.82) is 0 Å². The monoisotopic (exact) mass is 386 g/mol. The van der Waals surface area contributed by atoms with E-state index in [-0.39, 0.29) is 5.82 Å². The third kappa shape index (κ3) is 5.25. The molecule has 6 nitrogen and oxygen atoms in total. The zero-order valence-corrected chi connectivity index (χ0v) is 17.1. The minimum atomic E-state index is -0.156. The lowest BCUT2D eigenvalue weighted by Crippen LogP contribution is -2.46. The number of hydrogen-bond acceptors (Lipinski definition) is 3. The SMILES string of the molecule is CCN1CCN(c2ccc(CNC(=NC)NCc3ccn(C)c3)cc2F)CC1. The van der Waals surface area contributed by atoms with Gasteiger partial charge < -0.3 is 25.0 Å². The summed E-state index contributed by atoms with van der Waals surface area (Å²) in [7, 11) is 3.73. The summed E-state index contributed by atoms with van der Waals surface area (Å²) in [5.41, 5.74) is 2.78. The summed E-state index contributed by atoms with van der Waals surface area (Å²) in [6.45, 7) is 8.16. The molecule has 2 aromatic rings. The van der Waals surface area contributed by atoms with Gasteiger partial charge in [0, 0.05) is 65.8 Å². The van der Waals surface area contributed by atoms with Crippen molar-refractivity contribution in [2.45, 2.75) is 20.0 Å². The van der Waals surface area contributed by atoms with E-state index in [1.165, 1.54) is 5.56 Å². The van der Waals surface area contributed by atoms with Gasteiger partial charge in [-0.15, -0.1) is 0 Å².